The normalized spacial score (nSPS) is 10.2. The van der Waals surface area contributed by atoms with E-state index in [4.69, 9.17) is 11.6 Å². The maximum Gasteiger partial charge on any atom is 0.321 e. The number of carbonyl (C=O) groups is 2. The van der Waals surface area contributed by atoms with Gasteiger partial charge in [-0.15, -0.1) is 0 Å². The van der Waals surface area contributed by atoms with Gasteiger partial charge >= 0.3 is 6.03 Å². The van der Waals surface area contributed by atoms with E-state index < -0.39 is 11.7 Å². The first-order valence-electron chi connectivity index (χ1n) is 7.19. The van der Waals surface area contributed by atoms with E-state index in [1.165, 1.54) is 30.0 Å². The van der Waals surface area contributed by atoms with Crippen molar-refractivity contribution in [2.45, 2.75) is 13.5 Å². The molecule has 2 rings (SSSR count). The maximum atomic E-state index is 13.6. The molecule has 0 heterocycles. The second kappa shape index (κ2) is 7.79. The Morgan fingerprint density at radius 3 is 2.54 bits per heavy atom. The molecule has 7 heteroatoms. The van der Waals surface area contributed by atoms with Gasteiger partial charge in [-0.25, -0.2) is 9.18 Å². The van der Waals surface area contributed by atoms with Crippen LogP contribution >= 0.6 is 11.6 Å². The van der Waals surface area contributed by atoms with E-state index in [2.05, 4.69) is 10.6 Å². The van der Waals surface area contributed by atoms with Gasteiger partial charge in [0.05, 0.1) is 5.69 Å². The third-order valence-corrected chi connectivity index (χ3v) is 3.61. The van der Waals surface area contributed by atoms with E-state index in [9.17, 15) is 14.0 Å². The third kappa shape index (κ3) is 4.70. The van der Waals surface area contributed by atoms with Crippen LogP contribution in [0.15, 0.2) is 42.5 Å². The van der Waals surface area contributed by atoms with Crippen LogP contribution in [-0.4, -0.2) is 23.9 Å². The molecular formula is C17H17ClFN3O2. The Balaban J connectivity index is 2.06. The van der Waals surface area contributed by atoms with Crippen LogP contribution in [0.3, 0.4) is 0 Å². The first-order chi connectivity index (χ1) is 11.4. The van der Waals surface area contributed by atoms with Crippen molar-refractivity contribution in [2.75, 3.05) is 17.7 Å². The third-order valence-electron chi connectivity index (χ3n) is 3.24. The standard InChI is InChI=1S/C17H17ClFN3O2/c1-11(23)20-16-9-13(7-8-15(16)19)21-17(24)22(2)10-12-5-3-4-6-14(12)18/h3-9H,10H2,1-2H3,(H,20,23)(H,21,24). The number of rotatable bonds is 4. The lowest BCUT2D eigenvalue weighted by atomic mass is 10.2. The molecule has 0 unspecified atom stereocenters. The van der Waals surface area contributed by atoms with Crippen LogP contribution in [0.1, 0.15) is 12.5 Å². The molecule has 0 aromatic heterocycles. The Labute approximate surface area is 144 Å². The van der Waals surface area contributed by atoms with E-state index in [1.54, 1.807) is 13.1 Å². The smallest absolute Gasteiger partial charge is 0.321 e. The SMILES string of the molecule is CC(=O)Nc1cc(NC(=O)N(C)Cc2ccccc2Cl)ccc1F. The topological polar surface area (TPSA) is 61.4 Å². The summed E-state index contributed by atoms with van der Waals surface area (Å²) in [4.78, 5) is 24.7. The van der Waals surface area contributed by atoms with Crippen molar-refractivity contribution in [3.05, 3.63) is 58.9 Å². The lowest BCUT2D eigenvalue weighted by Crippen LogP contribution is -2.31. The van der Waals surface area contributed by atoms with Crippen molar-refractivity contribution in [3.63, 3.8) is 0 Å². The van der Waals surface area contributed by atoms with Crippen molar-refractivity contribution in [3.8, 4) is 0 Å². The first-order valence-corrected chi connectivity index (χ1v) is 7.57. The quantitative estimate of drug-likeness (QED) is 0.872. The summed E-state index contributed by atoms with van der Waals surface area (Å²) in [5.41, 5.74) is 1.19. The summed E-state index contributed by atoms with van der Waals surface area (Å²) in [6.45, 7) is 1.60. The summed E-state index contributed by atoms with van der Waals surface area (Å²) in [6.07, 6.45) is 0. The van der Waals surface area contributed by atoms with Gasteiger partial charge in [0, 0.05) is 31.2 Å². The van der Waals surface area contributed by atoms with E-state index in [-0.39, 0.29) is 11.7 Å². The summed E-state index contributed by atoms with van der Waals surface area (Å²) < 4.78 is 13.6. The molecule has 126 valence electrons. The van der Waals surface area contributed by atoms with Crippen molar-refractivity contribution in [2.24, 2.45) is 0 Å². The van der Waals surface area contributed by atoms with Crippen LogP contribution < -0.4 is 10.6 Å². The number of urea groups is 1. The fourth-order valence-corrected chi connectivity index (χ4v) is 2.26. The second-order valence-corrected chi connectivity index (χ2v) is 5.66. The highest BCUT2D eigenvalue weighted by Crippen LogP contribution is 2.21. The number of halogens is 2. The molecule has 0 saturated carbocycles. The predicted octanol–water partition coefficient (Wildman–Crippen LogP) is 4.10. The molecule has 0 saturated heterocycles. The molecule has 5 nitrogen and oxygen atoms in total. The number of anilines is 2. The van der Waals surface area contributed by atoms with Crippen LogP contribution in [0.4, 0.5) is 20.6 Å². The fourth-order valence-electron chi connectivity index (χ4n) is 2.06. The molecule has 3 amide bonds. The van der Waals surface area contributed by atoms with Gasteiger partial charge in [-0.1, -0.05) is 29.8 Å². The Kier molecular flexibility index (Phi) is 5.76. The lowest BCUT2D eigenvalue weighted by molar-refractivity contribution is -0.114. The summed E-state index contributed by atoms with van der Waals surface area (Å²) >= 11 is 6.08. The van der Waals surface area contributed by atoms with E-state index in [1.807, 2.05) is 18.2 Å². The fraction of sp³-hybridized carbons (Fsp3) is 0.176. The Hall–Kier alpha value is -2.60. The number of carbonyl (C=O) groups excluding carboxylic acids is 2. The van der Waals surface area contributed by atoms with Gasteiger partial charge in [0.15, 0.2) is 0 Å². The van der Waals surface area contributed by atoms with Crippen LogP contribution in [0.2, 0.25) is 5.02 Å². The van der Waals surface area contributed by atoms with E-state index >= 15 is 0 Å². The summed E-state index contributed by atoms with van der Waals surface area (Å²) in [6, 6.07) is 10.8. The number of nitrogens with one attached hydrogen (secondary N) is 2. The molecule has 2 aromatic carbocycles. The van der Waals surface area contributed by atoms with Gasteiger partial charge in [0.2, 0.25) is 5.91 Å². The van der Waals surface area contributed by atoms with Gasteiger partial charge in [-0.3, -0.25) is 4.79 Å². The molecular weight excluding hydrogens is 333 g/mol. The number of benzene rings is 2. The maximum absolute atomic E-state index is 13.6. The molecule has 2 aromatic rings. The monoisotopic (exact) mass is 349 g/mol. The Morgan fingerprint density at radius 2 is 1.88 bits per heavy atom. The molecule has 0 radical (unpaired) electrons. The van der Waals surface area contributed by atoms with Crippen LogP contribution in [0.25, 0.3) is 0 Å². The minimum Gasteiger partial charge on any atom is -0.324 e. The van der Waals surface area contributed by atoms with Gasteiger partial charge in [0.25, 0.3) is 0 Å². The summed E-state index contributed by atoms with van der Waals surface area (Å²) in [7, 11) is 1.62. The number of hydrogen-bond acceptors (Lipinski definition) is 2. The van der Waals surface area contributed by atoms with Gasteiger partial charge in [0.1, 0.15) is 5.82 Å². The van der Waals surface area contributed by atoms with Crippen LogP contribution in [0, 0.1) is 5.82 Å². The van der Waals surface area contributed by atoms with E-state index in [0.29, 0.717) is 17.3 Å². The van der Waals surface area contributed by atoms with Gasteiger partial charge in [-0.2, -0.15) is 0 Å². The largest absolute Gasteiger partial charge is 0.324 e. The Morgan fingerprint density at radius 1 is 1.17 bits per heavy atom. The predicted molar refractivity (Wildman–Crippen MR) is 92.6 cm³/mol. The zero-order valence-electron chi connectivity index (χ0n) is 13.3. The molecule has 0 fully saturated rings. The number of amides is 3. The first kappa shape index (κ1) is 17.7. The van der Waals surface area contributed by atoms with Crippen molar-refractivity contribution < 1.29 is 14.0 Å². The molecule has 0 atom stereocenters. The van der Waals surface area contributed by atoms with Gasteiger partial charge in [-0.05, 0) is 29.8 Å². The zero-order valence-corrected chi connectivity index (χ0v) is 14.0. The minimum absolute atomic E-state index is 0.00839. The average molecular weight is 350 g/mol. The van der Waals surface area contributed by atoms with E-state index in [0.717, 1.165) is 5.56 Å². The second-order valence-electron chi connectivity index (χ2n) is 5.25. The van der Waals surface area contributed by atoms with Crippen molar-refractivity contribution >= 4 is 34.9 Å². The summed E-state index contributed by atoms with van der Waals surface area (Å²) in [5.74, 6) is -0.971. The number of hydrogen-bond donors (Lipinski definition) is 2. The highest BCUT2D eigenvalue weighted by Gasteiger charge is 2.12. The molecule has 0 aliphatic rings. The van der Waals surface area contributed by atoms with Crippen molar-refractivity contribution in [1.82, 2.24) is 4.90 Å². The zero-order chi connectivity index (χ0) is 17.7. The molecule has 0 aliphatic heterocycles. The molecule has 0 aliphatic carbocycles. The molecule has 0 spiro atoms. The Bertz CT molecular complexity index is 767. The van der Waals surface area contributed by atoms with Crippen molar-refractivity contribution in [1.29, 1.82) is 0 Å². The summed E-state index contributed by atoms with van der Waals surface area (Å²) in [5, 5.41) is 5.59. The molecule has 0 bridgehead atoms. The minimum atomic E-state index is -0.576. The average Bonchev–Trinajstić information content (AvgIpc) is 2.52. The lowest BCUT2D eigenvalue weighted by Gasteiger charge is -2.19. The molecule has 2 N–H and O–H groups in total. The van der Waals surface area contributed by atoms with Crippen LogP contribution in [-0.2, 0) is 11.3 Å². The van der Waals surface area contributed by atoms with Crippen LogP contribution in [0.5, 0.6) is 0 Å². The highest BCUT2D eigenvalue weighted by molar-refractivity contribution is 6.31. The van der Waals surface area contributed by atoms with Gasteiger partial charge < -0.3 is 15.5 Å². The highest BCUT2D eigenvalue weighted by atomic mass is 35.5. The number of nitrogens with zero attached hydrogens (tertiary/aromatic N) is 1. The molecule has 24 heavy (non-hydrogen) atoms.